The first-order valence-electron chi connectivity index (χ1n) is 10.5. The van der Waals surface area contributed by atoms with Gasteiger partial charge in [-0.1, -0.05) is 6.07 Å². The van der Waals surface area contributed by atoms with E-state index in [1.807, 2.05) is 18.2 Å². The number of nitrogens with one attached hydrogen (secondary N) is 1. The number of phenolic OH excluding ortho intramolecular Hbond substituents is 2. The number of primary amides is 1. The maximum Gasteiger partial charge on any atom is 0.231 e. The van der Waals surface area contributed by atoms with Crippen molar-refractivity contribution in [3.63, 3.8) is 0 Å². The van der Waals surface area contributed by atoms with E-state index >= 15 is 0 Å². The fourth-order valence-corrected chi connectivity index (χ4v) is 3.86. The van der Waals surface area contributed by atoms with Gasteiger partial charge in [-0.15, -0.1) is 0 Å². The molecular weight excluding hydrogens is 435 g/mol. The number of aromatic hydroxyl groups is 2. The second-order valence-electron chi connectivity index (χ2n) is 7.88. The molecule has 5 N–H and O–H groups in total. The molecule has 4 rings (SSSR count). The van der Waals surface area contributed by atoms with Gasteiger partial charge in [-0.05, 0) is 72.6 Å². The van der Waals surface area contributed by atoms with Crippen molar-refractivity contribution in [3.05, 3.63) is 101 Å². The molecule has 2 aromatic carbocycles. The van der Waals surface area contributed by atoms with E-state index in [-0.39, 0.29) is 28.6 Å². The monoisotopic (exact) mass is 458 g/mol. The van der Waals surface area contributed by atoms with Crippen LogP contribution in [-0.2, 0) is 11.3 Å². The van der Waals surface area contributed by atoms with Gasteiger partial charge in [-0.3, -0.25) is 14.8 Å². The molecule has 0 fully saturated rings. The molecule has 0 radical (unpaired) electrons. The van der Waals surface area contributed by atoms with Gasteiger partial charge in [0.25, 0.3) is 0 Å². The molecule has 1 atom stereocenters. The Morgan fingerprint density at radius 3 is 2.41 bits per heavy atom. The number of nitrogens with two attached hydrogens (primary N) is 1. The predicted octanol–water partition coefficient (Wildman–Crippen LogP) is 4.23. The van der Waals surface area contributed by atoms with Crippen LogP contribution in [0.4, 0.5) is 10.1 Å². The van der Waals surface area contributed by atoms with Gasteiger partial charge >= 0.3 is 0 Å². The van der Waals surface area contributed by atoms with E-state index < -0.39 is 11.8 Å². The largest absolute Gasteiger partial charge is 0.507 e. The molecular formula is C26H23FN4O3. The Morgan fingerprint density at radius 2 is 1.76 bits per heavy atom. The standard InChI is InChI=1S/C26H23FN4O3/c1-15-11-17(27)5-6-19(15)20-12-16(14-30-18-7-9-29-10-8-18)13-21(31-20)24(26(28)34)25-22(32)3-2-4-23(25)33/h2-13,24,32-33H,14H2,1H3,(H2,28,34)(H,29,30). The highest BCUT2D eigenvalue weighted by Gasteiger charge is 2.28. The number of benzene rings is 2. The lowest BCUT2D eigenvalue weighted by molar-refractivity contribution is -0.118. The molecule has 0 aliphatic rings. The number of rotatable bonds is 7. The van der Waals surface area contributed by atoms with Gasteiger partial charge in [-0.25, -0.2) is 4.39 Å². The van der Waals surface area contributed by atoms with E-state index in [9.17, 15) is 19.4 Å². The summed E-state index contributed by atoms with van der Waals surface area (Å²) in [5.41, 5.74) is 9.40. The van der Waals surface area contributed by atoms with Crippen LogP contribution in [0.25, 0.3) is 11.3 Å². The molecule has 1 amide bonds. The van der Waals surface area contributed by atoms with E-state index in [1.165, 1.54) is 30.3 Å². The predicted molar refractivity (Wildman–Crippen MR) is 127 cm³/mol. The molecule has 1 unspecified atom stereocenters. The van der Waals surface area contributed by atoms with Crippen LogP contribution in [0.1, 0.15) is 28.3 Å². The lowest BCUT2D eigenvalue weighted by Crippen LogP contribution is -2.24. The zero-order valence-corrected chi connectivity index (χ0v) is 18.4. The third-order valence-corrected chi connectivity index (χ3v) is 5.48. The van der Waals surface area contributed by atoms with Crippen molar-refractivity contribution >= 4 is 11.6 Å². The van der Waals surface area contributed by atoms with Gasteiger partial charge in [-0.2, -0.15) is 0 Å². The molecule has 8 heteroatoms. The Labute approximate surface area is 195 Å². The second-order valence-corrected chi connectivity index (χ2v) is 7.88. The van der Waals surface area contributed by atoms with Crippen LogP contribution in [0.3, 0.4) is 0 Å². The number of aryl methyl sites for hydroxylation is 1. The maximum atomic E-state index is 13.7. The van der Waals surface area contributed by atoms with Crippen molar-refractivity contribution in [2.75, 3.05) is 5.32 Å². The summed E-state index contributed by atoms with van der Waals surface area (Å²) >= 11 is 0. The third-order valence-electron chi connectivity index (χ3n) is 5.48. The van der Waals surface area contributed by atoms with Crippen molar-refractivity contribution in [1.82, 2.24) is 9.97 Å². The number of halogens is 1. The van der Waals surface area contributed by atoms with Gasteiger partial charge < -0.3 is 21.3 Å². The maximum absolute atomic E-state index is 13.7. The number of pyridine rings is 2. The van der Waals surface area contributed by atoms with Crippen molar-refractivity contribution in [2.24, 2.45) is 5.73 Å². The fraction of sp³-hybridized carbons (Fsp3) is 0.115. The van der Waals surface area contributed by atoms with Crippen LogP contribution in [0, 0.1) is 12.7 Å². The molecule has 34 heavy (non-hydrogen) atoms. The average molecular weight is 458 g/mol. The minimum Gasteiger partial charge on any atom is -0.507 e. The molecule has 0 aliphatic heterocycles. The Kier molecular flexibility index (Phi) is 6.40. The van der Waals surface area contributed by atoms with Crippen LogP contribution >= 0.6 is 0 Å². The van der Waals surface area contributed by atoms with Crippen molar-refractivity contribution in [3.8, 4) is 22.8 Å². The van der Waals surface area contributed by atoms with Gasteiger partial charge in [0.1, 0.15) is 23.2 Å². The van der Waals surface area contributed by atoms with Crippen molar-refractivity contribution in [2.45, 2.75) is 19.4 Å². The van der Waals surface area contributed by atoms with Crippen LogP contribution in [0.15, 0.2) is 73.1 Å². The SMILES string of the molecule is Cc1cc(F)ccc1-c1cc(CNc2ccncc2)cc(C(C(N)=O)c2c(O)cccc2O)n1. The van der Waals surface area contributed by atoms with Gasteiger partial charge in [0.05, 0.1) is 17.0 Å². The Balaban J connectivity index is 1.85. The van der Waals surface area contributed by atoms with Gasteiger partial charge in [0, 0.05) is 30.2 Å². The van der Waals surface area contributed by atoms with Crippen LogP contribution in [0.5, 0.6) is 11.5 Å². The minimum absolute atomic E-state index is 0.0245. The lowest BCUT2D eigenvalue weighted by Gasteiger charge is -2.19. The van der Waals surface area contributed by atoms with E-state index in [0.717, 1.165) is 11.3 Å². The molecule has 7 nitrogen and oxygen atoms in total. The number of nitrogens with zero attached hydrogens (tertiary/aromatic N) is 2. The normalized spacial score (nSPS) is 11.7. The number of amides is 1. The summed E-state index contributed by atoms with van der Waals surface area (Å²) in [4.78, 5) is 21.2. The number of hydrogen-bond acceptors (Lipinski definition) is 6. The second kappa shape index (κ2) is 9.58. The lowest BCUT2D eigenvalue weighted by atomic mass is 9.91. The highest BCUT2D eigenvalue weighted by Crippen LogP contribution is 2.38. The number of phenols is 2. The molecule has 0 spiro atoms. The summed E-state index contributed by atoms with van der Waals surface area (Å²) < 4.78 is 13.7. The molecule has 0 bridgehead atoms. The summed E-state index contributed by atoms with van der Waals surface area (Å²) in [7, 11) is 0. The number of anilines is 1. The summed E-state index contributed by atoms with van der Waals surface area (Å²) in [6, 6.07) is 15.7. The molecule has 2 aromatic heterocycles. The van der Waals surface area contributed by atoms with Gasteiger partial charge in [0.2, 0.25) is 5.91 Å². The molecule has 2 heterocycles. The summed E-state index contributed by atoms with van der Waals surface area (Å²) in [5.74, 6) is -2.91. The average Bonchev–Trinajstić information content (AvgIpc) is 2.80. The number of aromatic nitrogens is 2. The van der Waals surface area contributed by atoms with E-state index in [1.54, 1.807) is 31.5 Å². The first kappa shape index (κ1) is 22.7. The van der Waals surface area contributed by atoms with Crippen LogP contribution < -0.4 is 11.1 Å². The van der Waals surface area contributed by atoms with E-state index in [4.69, 9.17) is 5.73 Å². The Bertz CT molecular complexity index is 1330. The Hall–Kier alpha value is -4.46. The van der Waals surface area contributed by atoms with Crippen LogP contribution in [0.2, 0.25) is 0 Å². The first-order valence-corrected chi connectivity index (χ1v) is 10.5. The smallest absolute Gasteiger partial charge is 0.231 e. The van der Waals surface area contributed by atoms with E-state index in [0.29, 0.717) is 23.4 Å². The zero-order valence-electron chi connectivity index (χ0n) is 18.4. The highest BCUT2D eigenvalue weighted by molar-refractivity contribution is 5.87. The van der Waals surface area contributed by atoms with Crippen molar-refractivity contribution in [1.29, 1.82) is 0 Å². The summed E-state index contributed by atoms with van der Waals surface area (Å²) in [6.45, 7) is 2.15. The highest BCUT2D eigenvalue weighted by atomic mass is 19.1. The van der Waals surface area contributed by atoms with Crippen molar-refractivity contribution < 1.29 is 19.4 Å². The topological polar surface area (TPSA) is 121 Å². The van der Waals surface area contributed by atoms with E-state index in [2.05, 4.69) is 15.3 Å². The molecule has 172 valence electrons. The summed E-state index contributed by atoms with van der Waals surface area (Å²) in [5, 5.41) is 24.1. The number of hydrogen-bond donors (Lipinski definition) is 4. The minimum atomic E-state index is -1.21. The van der Waals surface area contributed by atoms with Gasteiger partial charge in [0.15, 0.2) is 0 Å². The molecule has 0 saturated heterocycles. The van der Waals surface area contributed by atoms with Crippen LogP contribution in [-0.4, -0.2) is 26.1 Å². The first-order chi connectivity index (χ1) is 16.3. The number of carbonyl (C=O) groups is 1. The summed E-state index contributed by atoms with van der Waals surface area (Å²) in [6.07, 6.45) is 3.33. The number of carbonyl (C=O) groups excluding carboxylic acids is 1. The zero-order chi connectivity index (χ0) is 24.2. The fourth-order valence-electron chi connectivity index (χ4n) is 3.86. The Morgan fingerprint density at radius 1 is 1.06 bits per heavy atom. The molecule has 0 aliphatic carbocycles. The quantitative estimate of drug-likeness (QED) is 0.329. The molecule has 0 saturated carbocycles. The molecule has 4 aromatic rings. The third kappa shape index (κ3) is 4.80.